The molecule has 22 heavy (non-hydrogen) atoms. The first-order chi connectivity index (χ1) is 10.7. The van der Waals surface area contributed by atoms with E-state index in [0.29, 0.717) is 6.04 Å². The molecule has 4 N–H and O–H groups in total. The lowest BCUT2D eigenvalue weighted by Gasteiger charge is -2.20. The third-order valence-electron chi connectivity index (χ3n) is 3.78. The van der Waals surface area contributed by atoms with Crippen molar-refractivity contribution >= 4 is 11.8 Å². The topological polar surface area (TPSA) is 72.0 Å². The van der Waals surface area contributed by atoms with Gasteiger partial charge in [-0.3, -0.25) is 0 Å². The van der Waals surface area contributed by atoms with E-state index in [1.54, 1.807) is 11.8 Å². The van der Waals surface area contributed by atoms with Crippen LogP contribution in [0.25, 0.3) is 0 Å². The Bertz CT molecular complexity index is 411. The Labute approximate surface area is 138 Å². The van der Waals surface area contributed by atoms with Gasteiger partial charge < -0.3 is 19.9 Å². The summed E-state index contributed by atoms with van der Waals surface area (Å²) in [6.07, 6.45) is 3.41. The third kappa shape index (κ3) is 5.87. The number of aromatic nitrogens is 3. The van der Waals surface area contributed by atoms with Crippen molar-refractivity contribution in [2.45, 2.75) is 50.9 Å². The highest BCUT2D eigenvalue weighted by Crippen LogP contribution is 2.21. The van der Waals surface area contributed by atoms with Gasteiger partial charge in [0.05, 0.1) is 39.5 Å². The number of hydrogen-bond acceptors (Lipinski definition) is 4. The monoisotopic (exact) mass is 331 g/mol. The molecule has 0 radical (unpaired) electrons. The van der Waals surface area contributed by atoms with Crippen molar-refractivity contribution in [3.8, 4) is 0 Å². The lowest BCUT2D eigenvalue weighted by atomic mass is 10.2. The number of aliphatic hydroxyl groups is 1. The number of thioether (sulfide) groups is 1. The number of rotatable bonds is 12. The van der Waals surface area contributed by atoms with Gasteiger partial charge in [0.25, 0.3) is 0 Å². The average molecular weight is 332 g/mol. The second-order valence-corrected chi connectivity index (χ2v) is 6.88. The highest BCUT2D eigenvalue weighted by Gasteiger charge is 2.24. The van der Waals surface area contributed by atoms with Crippen LogP contribution in [0.15, 0.2) is 5.16 Å². The fraction of sp³-hybridized carbons (Fsp3) is 0.867. The van der Waals surface area contributed by atoms with E-state index in [2.05, 4.69) is 48.0 Å². The summed E-state index contributed by atoms with van der Waals surface area (Å²) < 4.78 is 2.32. The van der Waals surface area contributed by atoms with E-state index in [-0.39, 0.29) is 6.61 Å². The van der Waals surface area contributed by atoms with Crippen molar-refractivity contribution in [3.63, 3.8) is 0 Å². The van der Waals surface area contributed by atoms with Crippen molar-refractivity contribution in [2.75, 3.05) is 39.5 Å². The molecule has 0 bridgehead atoms. The van der Waals surface area contributed by atoms with Gasteiger partial charge in [0.1, 0.15) is 6.04 Å². The molecule has 1 rings (SSSR count). The molecule has 0 aliphatic carbocycles. The van der Waals surface area contributed by atoms with Crippen molar-refractivity contribution in [1.29, 1.82) is 0 Å². The lowest BCUT2D eigenvalue weighted by Crippen LogP contribution is -3.06. The molecule has 1 aromatic rings. The maximum atomic E-state index is 8.80. The summed E-state index contributed by atoms with van der Waals surface area (Å²) in [7, 11) is 4.37. The zero-order valence-corrected chi connectivity index (χ0v) is 15.3. The number of nitrogens with one attached hydrogen (secondary N) is 1. The molecule has 7 heteroatoms. The van der Waals surface area contributed by atoms with Gasteiger partial charge in [-0.05, 0) is 6.42 Å². The second kappa shape index (κ2) is 11.0. The number of unbranched alkanes of at least 4 members (excludes halogenated alkanes) is 1. The first-order valence-corrected chi connectivity index (χ1v) is 9.42. The van der Waals surface area contributed by atoms with Crippen LogP contribution >= 0.6 is 11.8 Å². The summed E-state index contributed by atoms with van der Waals surface area (Å²) in [5.74, 6) is 2.12. The predicted molar refractivity (Wildman–Crippen MR) is 90.2 cm³/mol. The first kappa shape index (κ1) is 19.4. The van der Waals surface area contributed by atoms with Crippen LogP contribution in [-0.2, 0) is 6.54 Å². The molecule has 0 aromatic carbocycles. The molecule has 1 aromatic heterocycles. The van der Waals surface area contributed by atoms with E-state index in [1.807, 2.05) is 0 Å². The highest BCUT2D eigenvalue weighted by atomic mass is 32.2. The first-order valence-electron chi connectivity index (χ1n) is 8.44. The summed E-state index contributed by atoms with van der Waals surface area (Å²) in [6.45, 7) is 7.45. The van der Waals surface area contributed by atoms with Crippen LogP contribution in [-0.4, -0.2) is 59.4 Å². The summed E-state index contributed by atoms with van der Waals surface area (Å²) in [4.78, 5) is 1.40. The van der Waals surface area contributed by atoms with Crippen molar-refractivity contribution in [2.24, 2.45) is 0 Å². The molecule has 0 spiro atoms. The SMILES string of the molecule is CCCCn1c(SCC[NH2+]CCO)nnc1[C@H](CC)[NH+](C)C. The quantitative estimate of drug-likeness (QED) is 0.351. The Morgan fingerprint density at radius 2 is 2.05 bits per heavy atom. The Kier molecular flexibility index (Phi) is 9.70. The van der Waals surface area contributed by atoms with E-state index in [1.165, 1.54) is 11.3 Å². The van der Waals surface area contributed by atoms with Crippen LogP contribution in [0.1, 0.15) is 45.0 Å². The van der Waals surface area contributed by atoms with Gasteiger partial charge in [-0.15, -0.1) is 10.2 Å². The number of nitrogens with two attached hydrogens (primary N) is 1. The molecule has 0 saturated carbocycles. The maximum Gasteiger partial charge on any atom is 0.192 e. The fourth-order valence-corrected chi connectivity index (χ4v) is 3.42. The zero-order chi connectivity index (χ0) is 16.4. The Balaban J connectivity index is 2.76. The summed E-state index contributed by atoms with van der Waals surface area (Å²) in [5.41, 5.74) is 0. The third-order valence-corrected chi connectivity index (χ3v) is 4.78. The Hall–Kier alpha value is -0.630. The molecule has 0 aliphatic heterocycles. The van der Waals surface area contributed by atoms with Crippen LogP contribution in [0.3, 0.4) is 0 Å². The molecule has 6 nitrogen and oxygen atoms in total. The zero-order valence-electron chi connectivity index (χ0n) is 14.5. The number of hydrogen-bond donors (Lipinski definition) is 3. The van der Waals surface area contributed by atoms with E-state index >= 15 is 0 Å². The van der Waals surface area contributed by atoms with Crippen LogP contribution < -0.4 is 10.2 Å². The van der Waals surface area contributed by atoms with Crippen molar-refractivity contribution in [1.82, 2.24) is 14.8 Å². The van der Waals surface area contributed by atoms with Crippen molar-refractivity contribution < 1.29 is 15.3 Å². The van der Waals surface area contributed by atoms with Gasteiger partial charge in [0.2, 0.25) is 0 Å². The van der Waals surface area contributed by atoms with Gasteiger partial charge in [-0.1, -0.05) is 32.0 Å². The summed E-state index contributed by atoms with van der Waals surface area (Å²) in [5, 5.41) is 20.9. The molecular formula is C15H33N5OS+2. The van der Waals surface area contributed by atoms with E-state index < -0.39 is 0 Å². The molecule has 1 heterocycles. The molecule has 128 valence electrons. The molecule has 0 aliphatic rings. The van der Waals surface area contributed by atoms with Crippen molar-refractivity contribution in [3.05, 3.63) is 5.82 Å². The minimum absolute atomic E-state index is 0.241. The maximum absolute atomic E-state index is 8.80. The second-order valence-electron chi connectivity index (χ2n) is 5.82. The Morgan fingerprint density at radius 1 is 1.27 bits per heavy atom. The van der Waals surface area contributed by atoms with Crippen LogP contribution in [0, 0.1) is 0 Å². The van der Waals surface area contributed by atoms with Gasteiger partial charge >= 0.3 is 0 Å². The minimum atomic E-state index is 0.241. The highest BCUT2D eigenvalue weighted by molar-refractivity contribution is 7.99. The van der Waals surface area contributed by atoms with E-state index in [9.17, 15) is 0 Å². The van der Waals surface area contributed by atoms with Crippen LogP contribution in [0.4, 0.5) is 0 Å². The molecular weight excluding hydrogens is 298 g/mol. The number of nitrogens with zero attached hydrogens (tertiary/aromatic N) is 3. The standard InChI is InChI=1S/C15H31N5OS/c1-5-7-10-20-14(13(6-2)19(3)4)17-18-15(20)22-12-9-16-8-11-21/h13,16,21H,5-12H2,1-4H3/p+2/t13-/m0/s1. The van der Waals surface area contributed by atoms with E-state index in [0.717, 1.165) is 49.2 Å². The van der Waals surface area contributed by atoms with Gasteiger partial charge in [-0.2, -0.15) is 0 Å². The summed E-state index contributed by atoms with van der Waals surface area (Å²) in [6, 6.07) is 0.402. The molecule has 0 unspecified atom stereocenters. The molecule has 0 amide bonds. The minimum Gasteiger partial charge on any atom is -0.391 e. The number of aliphatic hydroxyl groups excluding tert-OH is 1. The molecule has 1 atom stereocenters. The normalized spacial score (nSPS) is 13.0. The molecule has 0 fully saturated rings. The predicted octanol–water partition coefficient (Wildman–Crippen LogP) is -0.678. The average Bonchev–Trinajstić information content (AvgIpc) is 2.88. The van der Waals surface area contributed by atoms with Crippen LogP contribution in [0.5, 0.6) is 0 Å². The molecule has 0 saturated heterocycles. The van der Waals surface area contributed by atoms with Gasteiger partial charge in [0.15, 0.2) is 11.0 Å². The fourth-order valence-electron chi connectivity index (χ4n) is 2.51. The lowest BCUT2D eigenvalue weighted by molar-refractivity contribution is -0.893. The van der Waals surface area contributed by atoms with Crippen LogP contribution in [0.2, 0.25) is 0 Å². The largest absolute Gasteiger partial charge is 0.391 e. The van der Waals surface area contributed by atoms with Gasteiger partial charge in [0, 0.05) is 13.0 Å². The van der Waals surface area contributed by atoms with Gasteiger partial charge in [-0.25, -0.2) is 0 Å². The van der Waals surface area contributed by atoms with E-state index in [4.69, 9.17) is 5.11 Å². The Morgan fingerprint density at radius 3 is 2.64 bits per heavy atom. The summed E-state index contributed by atoms with van der Waals surface area (Å²) >= 11 is 1.78. The smallest absolute Gasteiger partial charge is 0.192 e. The number of quaternary nitrogens is 2.